The predicted molar refractivity (Wildman–Crippen MR) is 119 cm³/mol. The van der Waals surface area contributed by atoms with Crippen molar-refractivity contribution in [2.75, 3.05) is 19.0 Å². The lowest BCUT2D eigenvalue weighted by molar-refractivity contribution is 0.0948. The molecule has 0 saturated carbocycles. The highest BCUT2D eigenvalue weighted by Crippen LogP contribution is 2.17. The molecule has 6 nitrogen and oxygen atoms in total. The van der Waals surface area contributed by atoms with Gasteiger partial charge in [0.1, 0.15) is 0 Å². The van der Waals surface area contributed by atoms with Crippen molar-refractivity contribution in [3.63, 3.8) is 0 Å². The Bertz CT molecular complexity index is 979. The molecule has 0 radical (unpaired) electrons. The van der Waals surface area contributed by atoms with E-state index in [-0.39, 0.29) is 11.6 Å². The van der Waals surface area contributed by atoms with Crippen molar-refractivity contribution in [3.8, 4) is 0 Å². The number of hydrogen-bond donors (Lipinski definition) is 1. The van der Waals surface area contributed by atoms with Crippen LogP contribution in [0.1, 0.15) is 21.6 Å². The third-order valence-corrected chi connectivity index (χ3v) is 5.09. The maximum Gasteiger partial charge on any atom is 0.293 e. The summed E-state index contributed by atoms with van der Waals surface area (Å²) in [6, 6.07) is 15.8. The Hall–Kier alpha value is -2.45. The second-order valence-electron chi connectivity index (χ2n) is 6.33. The Morgan fingerprint density at radius 1 is 1.14 bits per heavy atom. The number of carbonyl (C=O) groups is 1. The first kappa shape index (κ1) is 20.3. The molecule has 0 bridgehead atoms. The lowest BCUT2D eigenvalue weighted by atomic mass is 10.2. The van der Waals surface area contributed by atoms with Gasteiger partial charge in [-0.1, -0.05) is 40.2 Å². The van der Waals surface area contributed by atoms with Gasteiger partial charge in [0.15, 0.2) is 5.69 Å². The number of hydrazone groups is 1. The van der Waals surface area contributed by atoms with Crippen molar-refractivity contribution in [3.05, 3.63) is 80.5 Å². The van der Waals surface area contributed by atoms with Crippen LogP contribution in [0.2, 0.25) is 0 Å². The summed E-state index contributed by atoms with van der Waals surface area (Å²) < 4.78 is 3.35. The third-order valence-electron chi connectivity index (χ3n) is 3.98. The molecule has 144 valence electrons. The monoisotopic (exact) mass is 503 g/mol. The minimum Gasteiger partial charge on any atom is -0.378 e. The van der Waals surface area contributed by atoms with Gasteiger partial charge >= 0.3 is 0 Å². The number of amides is 1. The highest BCUT2D eigenvalue weighted by atomic mass is 79.9. The van der Waals surface area contributed by atoms with Crippen molar-refractivity contribution in [1.82, 2.24) is 15.2 Å². The molecule has 1 aromatic heterocycles. The fraction of sp³-hybridized carbons (Fsp3) is 0.150. The number of benzene rings is 2. The number of halogens is 2. The van der Waals surface area contributed by atoms with Gasteiger partial charge < -0.3 is 4.90 Å². The van der Waals surface area contributed by atoms with Gasteiger partial charge in [0.05, 0.1) is 17.2 Å². The van der Waals surface area contributed by atoms with Crippen LogP contribution in [0, 0.1) is 0 Å². The van der Waals surface area contributed by atoms with E-state index < -0.39 is 0 Å². The maximum atomic E-state index is 12.4. The van der Waals surface area contributed by atoms with Crippen LogP contribution in [0.25, 0.3) is 0 Å². The van der Waals surface area contributed by atoms with Gasteiger partial charge in [-0.3, -0.25) is 9.48 Å². The molecule has 8 heteroatoms. The lowest BCUT2D eigenvalue weighted by Crippen LogP contribution is -2.19. The molecule has 3 aromatic rings. The molecular weight excluding hydrogens is 486 g/mol. The number of rotatable bonds is 6. The Balaban J connectivity index is 1.62. The number of hydrogen-bond acceptors (Lipinski definition) is 4. The van der Waals surface area contributed by atoms with Crippen molar-refractivity contribution in [2.24, 2.45) is 5.10 Å². The van der Waals surface area contributed by atoms with E-state index in [1.807, 2.05) is 67.5 Å². The largest absolute Gasteiger partial charge is 0.378 e. The Morgan fingerprint density at radius 2 is 1.82 bits per heavy atom. The highest BCUT2D eigenvalue weighted by molar-refractivity contribution is 9.10. The van der Waals surface area contributed by atoms with Crippen LogP contribution < -0.4 is 10.3 Å². The van der Waals surface area contributed by atoms with Gasteiger partial charge in [0.2, 0.25) is 0 Å². The van der Waals surface area contributed by atoms with Crippen LogP contribution in [-0.4, -0.2) is 36.0 Å². The number of carbonyl (C=O) groups excluding carboxylic acids is 1. The van der Waals surface area contributed by atoms with Crippen LogP contribution in [0.3, 0.4) is 0 Å². The highest BCUT2D eigenvalue weighted by Gasteiger charge is 2.14. The molecule has 0 aliphatic carbocycles. The quantitative estimate of drug-likeness (QED) is 0.402. The van der Waals surface area contributed by atoms with Crippen LogP contribution in [0.15, 0.2) is 68.8 Å². The van der Waals surface area contributed by atoms with E-state index >= 15 is 0 Å². The SMILES string of the molecule is CN(C)c1ccc(/C=N/NC(=O)c2nn(Cc3ccc(Br)cc3)cc2Br)cc1. The molecule has 1 amide bonds. The summed E-state index contributed by atoms with van der Waals surface area (Å²) in [5, 5.41) is 8.37. The van der Waals surface area contributed by atoms with E-state index in [1.165, 1.54) is 0 Å². The standard InChI is InChI=1S/C20H19Br2N5O/c1-26(2)17-9-5-14(6-10-17)11-23-24-20(28)19-18(22)13-27(25-19)12-15-3-7-16(21)8-4-15/h3-11,13H,12H2,1-2H3,(H,24,28)/b23-11+. The van der Waals surface area contributed by atoms with Crippen LogP contribution in [0.5, 0.6) is 0 Å². The molecule has 0 fully saturated rings. The summed E-state index contributed by atoms with van der Waals surface area (Å²) in [7, 11) is 3.97. The Morgan fingerprint density at radius 3 is 2.46 bits per heavy atom. The van der Waals surface area contributed by atoms with E-state index in [4.69, 9.17) is 0 Å². The zero-order chi connectivity index (χ0) is 20.1. The molecule has 3 rings (SSSR count). The van der Waals surface area contributed by atoms with Crippen molar-refractivity contribution in [2.45, 2.75) is 6.54 Å². The number of anilines is 1. The van der Waals surface area contributed by atoms with Crippen molar-refractivity contribution >= 4 is 49.7 Å². The molecule has 0 unspecified atom stereocenters. The summed E-state index contributed by atoms with van der Waals surface area (Å²) in [6.07, 6.45) is 3.38. The van der Waals surface area contributed by atoms with Crippen LogP contribution in [-0.2, 0) is 6.54 Å². The van der Waals surface area contributed by atoms with Gasteiger partial charge in [-0.25, -0.2) is 5.43 Å². The van der Waals surface area contributed by atoms with Gasteiger partial charge in [0.25, 0.3) is 5.91 Å². The van der Waals surface area contributed by atoms with Gasteiger partial charge in [-0.2, -0.15) is 10.2 Å². The topological polar surface area (TPSA) is 62.5 Å². The molecule has 0 spiro atoms. The molecule has 0 aliphatic rings. The second kappa shape index (κ2) is 9.16. The van der Waals surface area contributed by atoms with E-state index in [1.54, 1.807) is 17.1 Å². The molecule has 1 heterocycles. The first-order chi connectivity index (χ1) is 13.4. The summed E-state index contributed by atoms with van der Waals surface area (Å²) in [4.78, 5) is 14.4. The Labute approximate surface area is 180 Å². The molecular formula is C20H19Br2N5O. The van der Waals surface area contributed by atoms with E-state index in [2.05, 4.69) is 47.5 Å². The lowest BCUT2D eigenvalue weighted by Gasteiger charge is -2.11. The summed E-state index contributed by atoms with van der Waals surface area (Å²) in [5.74, 6) is -0.373. The summed E-state index contributed by atoms with van der Waals surface area (Å²) in [6.45, 7) is 0.570. The van der Waals surface area contributed by atoms with Crippen LogP contribution >= 0.6 is 31.9 Å². The van der Waals surface area contributed by atoms with Crippen molar-refractivity contribution in [1.29, 1.82) is 0 Å². The smallest absolute Gasteiger partial charge is 0.293 e. The first-order valence-corrected chi connectivity index (χ1v) is 10.1. The molecule has 1 N–H and O–H groups in total. The molecule has 2 aromatic carbocycles. The number of nitrogens with one attached hydrogen (secondary N) is 1. The molecule has 0 aliphatic heterocycles. The van der Waals surface area contributed by atoms with E-state index in [0.29, 0.717) is 11.0 Å². The van der Waals surface area contributed by atoms with Crippen molar-refractivity contribution < 1.29 is 4.79 Å². The minimum atomic E-state index is -0.373. The van der Waals surface area contributed by atoms with E-state index in [0.717, 1.165) is 21.3 Å². The average molecular weight is 505 g/mol. The Kier molecular flexibility index (Phi) is 6.64. The summed E-state index contributed by atoms with van der Waals surface area (Å²) >= 11 is 6.81. The van der Waals surface area contributed by atoms with E-state index in [9.17, 15) is 4.79 Å². The molecule has 0 saturated heterocycles. The zero-order valence-electron chi connectivity index (χ0n) is 15.4. The van der Waals surface area contributed by atoms with Gasteiger partial charge in [0, 0.05) is 30.5 Å². The molecule has 0 atom stereocenters. The van der Waals surface area contributed by atoms with Gasteiger partial charge in [-0.15, -0.1) is 0 Å². The maximum absolute atomic E-state index is 12.4. The summed E-state index contributed by atoms with van der Waals surface area (Å²) in [5.41, 5.74) is 5.89. The fourth-order valence-corrected chi connectivity index (χ4v) is 3.25. The number of nitrogens with zero attached hydrogens (tertiary/aromatic N) is 4. The predicted octanol–water partition coefficient (Wildman–Crippen LogP) is 4.29. The first-order valence-electron chi connectivity index (χ1n) is 8.50. The normalized spacial score (nSPS) is 11.0. The fourth-order valence-electron chi connectivity index (χ4n) is 2.49. The zero-order valence-corrected chi connectivity index (χ0v) is 18.6. The second-order valence-corrected chi connectivity index (χ2v) is 8.10. The van der Waals surface area contributed by atoms with Crippen LogP contribution in [0.4, 0.5) is 5.69 Å². The molecule has 28 heavy (non-hydrogen) atoms. The average Bonchev–Trinajstić information content (AvgIpc) is 3.04. The third kappa shape index (κ3) is 5.30. The van der Waals surface area contributed by atoms with Gasteiger partial charge in [-0.05, 0) is 51.3 Å². The minimum absolute atomic E-state index is 0.289. The number of aromatic nitrogens is 2.